The normalized spacial score (nSPS) is 13.9. The van der Waals surface area contributed by atoms with E-state index in [0.29, 0.717) is 40.7 Å². The first-order chi connectivity index (χ1) is 16.4. The van der Waals surface area contributed by atoms with Crippen molar-refractivity contribution in [2.24, 2.45) is 7.05 Å². The van der Waals surface area contributed by atoms with E-state index in [1.54, 1.807) is 43.7 Å². The summed E-state index contributed by atoms with van der Waals surface area (Å²) in [5.74, 6) is -1.50. The Hall–Kier alpha value is -3.94. The fourth-order valence-electron chi connectivity index (χ4n) is 4.40. The molecule has 1 aliphatic rings. The molecule has 0 atom stereocenters. The number of pyridine rings is 1. The van der Waals surface area contributed by atoms with Crippen molar-refractivity contribution in [1.82, 2.24) is 14.5 Å². The molecule has 1 aliphatic heterocycles. The maximum absolute atomic E-state index is 14.4. The van der Waals surface area contributed by atoms with Crippen LogP contribution >= 0.6 is 0 Å². The highest BCUT2D eigenvalue weighted by atomic mass is 19.1. The molecular formula is C26H23F2N3O3. The van der Waals surface area contributed by atoms with Crippen LogP contribution in [0.25, 0.3) is 22.0 Å². The SMILES string of the molecule is Cn1cc(-c2cc(C(=O)N3CCCCC3)ccc2Oc2ccc(F)cc2F)c2cc[nH]c2c1=O. The van der Waals surface area contributed by atoms with Crippen molar-refractivity contribution < 1.29 is 18.3 Å². The molecule has 4 aromatic rings. The van der Waals surface area contributed by atoms with Crippen molar-refractivity contribution in [2.45, 2.75) is 19.3 Å². The number of H-pyrrole nitrogens is 1. The van der Waals surface area contributed by atoms with Crippen LogP contribution in [-0.4, -0.2) is 33.4 Å². The highest BCUT2D eigenvalue weighted by Crippen LogP contribution is 2.38. The van der Waals surface area contributed by atoms with E-state index in [4.69, 9.17) is 4.74 Å². The number of piperidine rings is 1. The number of aromatic nitrogens is 2. The Balaban J connectivity index is 1.66. The molecule has 3 heterocycles. The van der Waals surface area contributed by atoms with Gasteiger partial charge in [-0.3, -0.25) is 9.59 Å². The number of rotatable bonds is 4. The van der Waals surface area contributed by atoms with Gasteiger partial charge in [0.2, 0.25) is 0 Å². The number of hydrogen-bond acceptors (Lipinski definition) is 3. The molecule has 5 rings (SSSR count). The Bertz CT molecular complexity index is 1450. The lowest BCUT2D eigenvalue weighted by molar-refractivity contribution is 0.0724. The molecule has 2 aromatic carbocycles. The van der Waals surface area contributed by atoms with Gasteiger partial charge in [0.15, 0.2) is 11.6 Å². The molecule has 1 N–H and O–H groups in total. The summed E-state index contributed by atoms with van der Waals surface area (Å²) in [5.41, 5.74) is 1.85. The summed E-state index contributed by atoms with van der Waals surface area (Å²) in [6, 6.07) is 9.82. The second-order valence-corrected chi connectivity index (χ2v) is 8.47. The summed E-state index contributed by atoms with van der Waals surface area (Å²) >= 11 is 0. The van der Waals surface area contributed by atoms with Crippen molar-refractivity contribution in [2.75, 3.05) is 13.1 Å². The van der Waals surface area contributed by atoms with Crippen molar-refractivity contribution in [3.63, 3.8) is 0 Å². The first kappa shape index (κ1) is 21.9. The number of carbonyl (C=O) groups excluding carboxylic acids is 1. The van der Waals surface area contributed by atoms with Gasteiger partial charge in [0, 0.05) is 60.7 Å². The number of ether oxygens (including phenoxy) is 1. The van der Waals surface area contributed by atoms with Gasteiger partial charge >= 0.3 is 0 Å². The van der Waals surface area contributed by atoms with E-state index >= 15 is 0 Å². The van der Waals surface area contributed by atoms with Gasteiger partial charge in [-0.05, 0) is 55.7 Å². The van der Waals surface area contributed by atoms with Gasteiger partial charge in [-0.1, -0.05) is 0 Å². The Labute approximate surface area is 194 Å². The molecule has 1 amide bonds. The first-order valence-corrected chi connectivity index (χ1v) is 11.2. The second-order valence-electron chi connectivity index (χ2n) is 8.47. The third-order valence-corrected chi connectivity index (χ3v) is 6.17. The number of halogens is 2. The minimum Gasteiger partial charge on any atom is -0.454 e. The first-order valence-electron chi connectivity index (χ1n) is 11.2. The lowest BCUT2D eigenvalue weighted by Gasteiger charge is -2.27. The fourth-order valence-corrected chi connectivity index (χ4v) is 4.40. The molecule has 0 unspecified atom stereocenters. The molecular weight excluding hydrogens is 440 g/mol. The summed E-state index contributed by atoms with van der Waals surface area (Å²) in [6.07, 6.45) is 6.37. The molecule has 6 nitrogen and oxygen atoms in total. The molecule has 0 saturated carbocycles. The van der Waals surface area contributed by atoms with Crippen LogP contribution in [0.1, 0.15) is 29.6 Å². The highest BCUT2D eigenvalue weighted by Gasteiger charge is 2.22. The maximum Gasteiger partial charge on any atom is 0.274 e. The van der Waals surface area contributed by atoms with Crippen molar-refractivity contribution >= 4 is 16.8 Å². The van der Waals surface area contributed by atoms with Gasteiger partial charge in [-0.25, -0.2) is 8.78 Å². The van der Waals surface area contributed by atoms with Gasteiger partial charge in [0.05, 0.1) is 0 Å². The number of likely N-dealkylation sites (tertiary alicyclic amines) is 1. The zero-order valence-corrected chi connectivity index (χ0v) is 18.6. The van der Waals surface area contributed by atoms with Crippen LogP contribution in [0.2, 0.25) is 0 Å². The van der Waals surface area contributed by atoms with E-state index in [1.807, 2.05) is 4.90 Å². The molecule has 1 saturated heterocycles. The van der Waals surface area contributed by atoms with E-state index in [0.717, 1.165) is 31.4 Å². The monoisotopic (exact) mass is 463 g/mol. The standard InChI is InChI=1S/C26H23F2N3O3/c1-30-15-20(18-9-10-29-24(18)26(30)33)19-13-16(25(32)31-11-3-2-4-12-31)5-7-22(19)34-23-8-6-17(27)14-21(23)28/h5-10,13-15,29H,2-4,11-12H2,1H3. The number of benzene rings is 2. The van der Waals surface area contributed by atoms with Crippen LogP contribution in [0, 0.1) is 11.6 Å². The molecule has 0 spiro atoms. The van der Waals surface area contributed by atoms with Crippen LogP contribution in [0.5, 0.6) is 11.5 Å². The zero-order chi connectivity index (χ0) is 23.8. The number of aromatic amines is 1. The average Bonchev–Trinajstić information content (AvgIpc) is 3.34. The number of nitrogens with zero attached hydrogens (tertiary/aromatic N) is 2. The largest absolute Gasteiger partial charge is 0.454 e. The summed E-state index contributed by atoms with van der Waals surface area (Å²) in [4.78, 5) is 30.6. The third kappa shape index (κ3) is 3.96. The Kier molecular flexibility index (Phi) is 5.65. The molecule has 0 bridgehead atoms. The van der Waals surface area contributed by atoms with Gasteiger partial charge < -0.3 is 19.2 Å². The summed E-state index contributed by atoms with van der Waals surface area (Å²) in [7, 11) is 1.63. The molecule has 1 fully saturated rings. The molecule has 174 valence electrons. The predicted molar refractivity (Wildman–Crippen MR) is 125 cm³/mol. The van der Waals surface area contributed by atoms with Gasteiger partial charge in [0.1, 0.15) is 17.1 Å². The third-order valence-electron chi connectivity index (χ3n) is 6.17. The van der Waals surface area contributed by atoms with Crippen molar-refractivity contribution in [3.05, 3.63) is 82.4 Å². The van der Waals surface area contributed by atoms with Crippen LogP contribution in [0.15, 0.2) is 59.7 Å². The average molecular weight is 463 g/mol. The molecule has 8 heteroatoms. The predicted octanol–water partition coefficient (Wildman–Crippen LogP) is 5.23. The van der Waals surface area contributed by atoms with E-state index < -0.39 is 11.6 Å². The number of aryl methyl sites for hydroxylation is 1. The lowest BCUT2D eigenvalue weighted by Crippen LogP contribution is -2.35. The highest BCUT2D eigenvalue weighted by molar-refractivity contribution is 6.00. The van der Waals surface area contributed by atoms with E-state index in [2.05, 4.69) is 4.98 Å². The number of amides is 1. The quantitative estimate of drug-likeness (QED) is 0.451. The number of fused-ring (bicyclic) bond motifs is 1. The molecule has 0 radical (unpaired) electrons. The van der Waals surface area contributed by atoms with E-state index in [1.165, 1.54) is 10.6 Å². The number of hydrogen-bond donors (Lipinski definition) is 1. The Morgan fingerprint density at radius 3 is 2.50 bits per heavy atom. The van der Waals surface area contributed by atoms with E-state index in [9.17, 15) is 18.4 Å². The van der Waals surface area contributed by atoms with Crippen molar-refractivity contribution in [3.8, 4) is 22.6 Å². The smallest absolute Gasteiger partial charge is 0.274 e. The van der Waals surface area contributed by atoms with Crippen LogP contribution < -0.4 is 10.3 Å². The van der Waals surface area contributed by atoms with Crippen LogP contribution in [0.3, 0.4) is 0 Å². The Morgan fingerprint density at radius 1 is 0.971 bits per heavy atom. The Morgan fingerprint density at radius 2 is 1.74 bits per heavy atom. The van der Waals surface area contributed by atoms with Gasteiger partial charge in [-0.15, -0.1) is 0 Å². The molecule has 2 aromatic heterocycles. The second kappa shape index (κ2) is 8.78. The summed E-state index contributed by atoms with van der Waals surface area (Å²) < 4.78 is 35.1. The summed E-state index contributed by atoms with van der Waals surface area (Å²) in [5, 5.41) is 0.648. The topological polar surface area (TPSA) is 67.3 Å². The van der Waals surface area contributed by atoms with Crippen LogP contribution in [-0.2, 0) is 7.05 Å². The van der Waals surface area contributed by atoms with Gasteiger partial charge in [-0.2, -0.15) is 0 Å². The van der Waals surface area contributed by atoms with Gasteiger partial charge in [0.25, 0.3) is 11.5 Å². The van der Waals surface area contributed by atoms with Crippen molar-refractivity contribution in [1.29, 1.82) is 0 Å². The minimum atomic E-state index is -0.841. The summed E-state index contributed by atoms with van der Waals surface area (Å²) in [6.45, 7) is 1.41. The lowest BCUT2D eigenvalue weighted by atomic mass is 9.99. The maximum atomic E-state index is 14.4. The molecule has 34 heavy (non-hydrogen) atoms. The zero-order valence-electron chi connectivity index (χ0n) is 18.6. The number of carbonyl (C=O) groups is 1. The minimum absolute atomic E-state index is 0.0874. The number of nitrogens with one attached hydrogen (secondary N) is 1. The fraction of sp³-hybridized carbons (Fsp3) is 0.231. The molecule has 0 aliphatic carbocycles. The van der Waals surface area contributed by atoms with E-state index in [-0.39, 0.29) is 23.0 Å². The van der Waals surface area contributed by atoms with Crippen LogP contribution in [0.4, 0.5) is 8.78 Å².